The summed E-state index contributed by atoms with van der Waals surface area (Å²) in [5.41, 5.74) is 4.66. The van der Waals surface area contributed by atoms with Crippen molar-refractivity contribution in [3.63, 3.8) is 0 Å². The van der Waals surface area contributed by atoms with Gasteiger partial charge in [0.25, 0.3) is 0 Å². The predicted molar refractivity (Wildman–Crippen MR) is 63.6 cm³/mol. The van der Waals surface area contributed by atoms with Crippen molar-refractivity contribution in [3.05, 3.63) is 46.2 Å². The molecule has 4 heteroatoms. The van der Waals surface area contributed by atoms with Gasteiger partial charge in [0.05, 0.1) is 4.47 Å². The lowest BCUT2D eigenvalue weighted by Crippen LogP contribution is -2.28. The summed E-state index contributed by atoms with van der Waals surface area (Å²) in [4.78, 5) is 0. The number of hydrazine groups is 1. The molecule has 0 amide bonds. The Morgan fingerprint density at radius 2 is 2.33 bits per heavy atom. The van der Waals surface area contributed by atoms with Crippen molar-refractivity contribution in [2.75, 3.05) is 0 Å². The van der Waals surface area contributed by atoms with Crippen LogP contribution in [0.1, 0.15) is 24.9 Å². The maximum absolute atomic E-state index is 13.0. The van der Waals surface area contributed by atoms with Gasteiger partial charge in [-0.3, -0.25) is 11.3 Å². The zero-order valence-corrected chi connectivity index (χ0v) is 10.1. The van der Waals surface area contributed by atoms with Crippen LogP contribution >= 0.6 is 15.9 Å². The van der Waals surface area contributed by atoms with E-state index in [1.54, 1.807) is 12.1 Å². The van der Waals surface area contributed by atoms with Gasteiger partial charge in [0, 0.05) is 6.04 Å². The monoisotopic (exact) mass is 272 g/mol. The van der Waals surface area contributed by atoms with Crippen LogP contribution in [0, 0.1) is 5.82 Å². The van der Waals surface area contributed by atoms with Crippen molar-refractivity contribution in [2.45, 2.75) is 19.4 Å². The normalized spacial score (nSPS) is 12.5. The Morgan fingerprint density at radius 1 is 1.67 bits per heavy atom. The average molecular weight is 273 g/mol. The Kier molecular flexibility index (Phi) is 4.45. The fraction of sp³-hybridized carbons (Fsp3) is 0.273. The predicted octanol–water partition coefficient (Wildman–Crippen LogP) is 3.06. The van der Waals surface area contributed by atoms with Crippen LogP contribution in [0.2, 0.25) is 0 Å². The first-order chi connectivity index (χ1) is 7.04. The molecule has 0 fully saturated rings. The number of benzene rings is 1. The second-order valence-corrected chi connectivity index (χ2v) is 4.41. The zero-order valence-electron chi connectivity index (χ0n) is 8.56. The summed E-state index contributed by atoms with van der Waals surface area (Å²) in [5, 5.41) is 0. The van der Waals surface area contributed by atoms with Gasteiger partial charge in [0.15, 0.2) is 0 Å². The molecule has 0 saturated carbocycles. The van der Waals surface area contributed by atoms with Gasteiger partial charge >= 0.3 is 0 Å². The first-order valence-corrected chi connectivity index (χ1v) is 5.39. The molecule has 1 aromatic carbocycles. The molecule has 1 atom stereocenters. The van der Waals surface area contributed by atoms with Crippen LogP contribution < -0.4 is 11.3 Å². The molecule has 0 spiro atoms. The summed E-state index contributed by atoms with van der Waals surface area (Å²) in [6.07, 6.45) is 0.731. The van der Waals surface area contributed by atoms with Gasteiger partial charge in [0.1, 0.15) is 5.82 Å². The van der Waals surface area contributed by atoms with Crippen LogP contribution in [0.15, 0.2) is 34.8 Å². The van der Waals surface area contributed by atoms with E-state index < -0.39 is 0 Å². The molecule has 2 nitrogen and oxygen atoms in total. The first kappa shape index (κ1) is 12.4. The molecule has 0 radical (unpaired) electrons. The van der Waals surface area contributed by atoms with E-state index in [0.29, 0.717) is 4.47 Å². The first-order valence-electron chi connectivity index (χ1n) is 4.60. The van der Waals surface area contributed by atoms with Crippen molar-refractivity contribution >= 4 is 15.9 Å². The van der Waals surface area contributed by atoms with Crippen molar-refractivity contribution in [2.24, 2.45) is 5.84 Å². The van der Waals surface area contributed by atoms with Crippen molar-refractivity contribution < 1.29 is 4.39 Å². The maximum atomic E-state index is 13.0. The third kappa shape index (κ3) is 3.41. The number of hydrogen-bond donors (Lipinski definition) is 2. The van der Waals surface area contributed by atoms with Gasteiger partial charge in [-0.1, -0.05) is 11.6 Å². The minimum atomic E-state index is -0.273. The largest absolute Gasteiger partial charge is 0.271 e. The van der Waals surface area contributed by atoms with Crippen LogP contribution in [-0.4, -0.2) is 0 Å². The van der Waals surface area contributed by atoms with Crippen LogP contribution in [0.25, 0.3) is 0 Å². The highest BCUT2D eigenvalue weighted by Crippen LogP contribution is 2.24. The molecule has 0 aliphatic carbocycles. The van der Waals surface area contributed by atoms with Gasteiger partial charge in [-0.15, -0.1) is 6.58 Å². The lowest BCUT2D eigenvalue weighted by molar-refractivity contribution is 0.547. The molecule has 1 aromatic rings. The number of hydrogen-bond acceptors (Lipinski definition) is 2. The van der Waals surface area contributed by atoms with Gasteiger partial charge in [0.2, 0.25) is 0 Å². The molecule has 0 aromatic heterocycles. The van der Waals surface area contributed by atoms with E-state index in [9.17, 15) is 4.39 Å². The average Bonchev–Trinajstić information content (AvgIpc) is 2.18. The smallest absolute Gasteiger partial charge is 0.137 e. The zero-order chi connectivity index (χ0) is 11.4. The highest BCUT2D eigenvalue weighted by molar-refractivity contribution is 9.10. The molecule has 3 N–H and O–H groups in total. The fourth-order valence-electron chi connectivity index (χ4n) is 1.35. The molecule has 0 heterocycles. The molecular formula is C11H14BrFN2. The van der Waals surface area contributed by atoms with E-state index in [1.165, 1.54) is 6.07 Å². The third-order valence-corrected chi connectivity index (χ3v) is 2.71. The van der Waals surface area contributed by atoms with Crippen molar-refractivity contribution in [1.82, 2.24) is 5.43 Å². The van der Waals surface area contributed by atoms with Gasteiger partial charge in [-0.25, -0.2) is 4.39 Å². The Morgan fingerprint density at radius 3 is 2.80 bits per heavy atom. The SMILES string of the molecule is C=C(C)CC(NN)c1ccc(F)c(Br)c1. The summed E-state index contributed by atoms with van der Waals surface area (Å²) in [6.45, 7) is 5.76. The fourth-order valence-corrected chi connectivity index (χ4v) is 1.75. The molecule has 0 saturated heterocycles. The molecule has 0 aliphatic rings. The van der Waals surface area contributed by atoms with Crippen LogP contribution in [-0.2, 0) is 0 Å². The van der Waals surface area contributed by atoms with Crippen molar-refractivity contribution in [1.29, 1.82) is 0 Å². The lowest BCUT2D eigenvalue weighted by atomic mass is 10.0. The number of nitrogens with two attached hydrogens (primary N) is 1. The Labute approximate surface area is 97.5 Å². The van der Waals surface area contributed by atoms with E-state index >= 15 is 0 Å². The number of halogens is 2. The van der Waals surface area contributed by atoms with Crippen LogP contribution in [0.5, 0.6) is 0 Å². The Hall–Kier alpha value is -0.710. The van der Waals surface area contributed by atoms with E-state index in [-0.39, 0.29) is 11.9 Å². The number of nitrogens with one attached hydrogen (secondary N) is 1. The quantitative estimate of drug-likeness (QED) is 0.502. The van der Waals surface area contributed by atoms with Crippen LogP contribution in [0.4, 0.5) is 4.39 Å². The summed E-state index contributed by atoms with van der Waals surface area (Å²) >= 11 is 3.14. The maximum Gasteiger partial charge on any atom is 0.137 e. The Bertz CT molecular complexity index is 366. The summed E-state index contributed by atoms with van der Waals surface area (Å²) in [7, 11) is 0. The molecule has 1 rings (SSSR count). The molecule has 0 bridgehead atoms. The molecule has 0 aliphatic heterocycles. The van der Waals surface area contributed by atoms with E-state index in [2.05, 4.69) is 27.9 Å². The highest BCUT2D eigenvalue weighted by Gasteiger charge is 2.11. The lowest BCUT2D eigenvalue weighted by Gasteiger charge is -2.16. The summed E-state index contributed by atoms with van der Waals surface area (Å²) < 4.78 is 13.5. The Balaban J connectivity index is 2.92. The molecule has 1 unspecified atom stereocenters. The molecule has 15 heavy (non-hydrogen) atoms. The van der Waals surface area contributed by atoms with Gasteiger partial charge in [-0.2, -0.15) is 0 Å². The summed E-state index contributed by atoms with van der Waals surface area (Å²) in [6, 6.07) is 4.83. The van der Waals surface area contributed by atoms with Gasteiger partial charge in [-0.05, 0) is 47.0 Å². The minimum Gasteiger partial charge on any atom is -0.271 e. The summed E-state index contributed by atoms with van der Waals surface area (Å²) in [5.74, 6) is 5.17. The van der Waals surface area contributed by atoms with Crippen molar-refractivity contribution in [3.8, 4) is 0 Å². The van der Waals surface area contributed by atoms with E-state index in [0.717, 1.165) is 17.6 Å². The second-order valence-electron chi connectivity index (χ2n) is 3.55. The topological polar surface area (TPSA) is 38.0 Å². The van der Waals surface area contributed by atoms with E-state index in [1.807, 2.05) is 6.92 Å². The van der Waals surface area contributed by atoms with E-state index in [4.69, 9.17) is 5.84 Å². The molecule has 82 valence electrons. The third-order valence-electron chi connectivity index (χ3n) is 2.10. The highest BCUT2D eigenvalue weighted by atomic mass is 79.9. The molecular weight excluding hydrogens is 259 g/mol. The minimum absolute atomic E-state index is 0.0283. The standard InChI is InChI=1S/C11H14BrFN2/c1-7(2)5-11(15-14)8-3-4-10(13)9(12)6-8/h3-4,6,11,15H,1,5,14H2,2H3. The van der Waals surface area contributed by atoms with Crippen LogP contribution in [0.3, 0.4) is 0 Å². The van der Waals surface area contributed by atoms with Gasteiger partial charge < -0.3 is 0 Å². The number of rotatable bonds is 4. The second kappa shape index (κ2) is 5.39.